The average Bonchev–Trinajstić information content (AvgIpc) is 2.83. The van der Waals surface area contributed by atoms with E-state index in [-0.39, 0.29) is 23.6 Å². The number of ether oxygens (including phenoxy) is 1. The number of aromatic nitrogens is 3. The van der Waals surface area contributed by atoms with Crippen molar-refractivity contribution in [2.45, 2.75) is 25.8 Å². The molecule has 0 saturated heterocycles. The van der Waals surface area contributed by atoms with E-state index < -0.39 is 0 Å². The predicted molar refractivity (Wildman–Crippen MR) is 121 cm³/mol. The van der Waals surface area contributed by atoms with Crippen LogP contribution in [0.3, 0.4) is 0 Å². The van der Waals surface area contributed by atoms with E-state index in [1.807, 2.05) is 30.3 Å². The summed E-state index contributed by atoms with van der Waals surface area (Å²) in [6.45, 7) is 2.13. The number of nitrogens with one attached hydrogen (secondary N) is 1. The summed E-state index contributed by atoms with van der Waals surface area (Å²) in [5, 5.41) is 2.89. The molecular weight excluding hydrogens is 406 g/mol. The Morgan fingerprint density at radius 2 is 1.81 bits per heavy atom. The molecule has 0 aliphatic heterocycles. The summed E-state index contributed by atoms with van der Waals surface area (Å²) in [6.07, 6.45) is 2.80. The molecule has 166 valence electrons. The first-order valence-corrected chi connectivity index (χ1v) is 10.4. The van der Waals surface area contributed by atoms with Crippen LogP contribution in [0, 0.1) is 6.92 Å². The zero-order valence-corrected chi connectivity index (χ0v) is 18.5. The molecule has 2 heterocycles. The maximum Gasteiger partial charge on any atom is 0.272 e. The Labute approximate surface area is 187 Å². The zero-order chi connectivity index (χ0) is 22.9. The van der Waals surface area contributed by atoms with Gasteiger partial charge in [0.25, 0.3) is 11.8 Å². The Hall–Kier alpha value is -3.81. The molecule has 3 aromatic rings. The van der Waals surface area contributed by atoms with E-state index in [2.05, 4.69) is 20.3 Å². The largest absolute Gasteiger partial charge is 0.481 e. The third-order valence-electron chi connectivity index (χ3n) is 5.11. The fourth-order valence-corrected chi connectivity index (χ4v) is 3.34. The number of hydrogen-bond acceptors (Lipinski definition) is 6. The molecule has 2 amide bonds. The van der Waals surface area contributed by atoms with E-state index in [1.165, 1.54) is 7.11 Å². The maximum absolute atomic E-state index is 13.0. The van der Waals surface area contributed by atoms with E-state index >= 15 is 0 Å². The highest BCUT2D eigenvalue weighted by Gasteiger charge is 2.23. The Morgan fingerprint density at radius 3 is 2.53 bits per heavy atom. The van der Waals surface area contributed by atoms with Crippen LogP contribution >= 0.6 is 0 Å². The Kier molecular flexibility index (Phi) is 7.85. The minimum atomic E-state index is -0.289. The van der Waals surface area contributed by atoms with Gasteiger partial charge in [0.1, 0.15) is 17.2 Å². The van der Waals surface area contributed by atoms with Crippen molar-refractivity contribution in [3.63, 3.8) is 0 Å². The molecule has 2 aromatic heterocycles. The van der Waals surface area contributed by atoms with Gasteiger partial charge in [-0.25, -0.2) is 15.0 Å². The molecule has 0 fully saturated rings. The molecule has 0 spiro atoms. The molecule has 0 radical (unpaired) electrons. The summed E-state index contributed by atoms with van der Waals surface area (Å²) in [7, 11) is 3.27. The number of carbonyl (C=O) groups is 2. The van der Waals surface area contributed by atoms with E-state index in [0.717, 1.165) is 5.56 Å². The lowest BCUT2D eigenvalue weighted by atomic mass is 10.0. The molecule has 3 rings (SSSR count). The monoisotopic (exact) mass is 433 g/mol. The fourth-order valence-electron chi connectivity index (χ4n) is 3.34. The molecule has 8 nitrogen and oxygen atoms in total. The molecule has 1 aromatic carbocycles. The third kappa shape index (κ3) is 6.10. The lowest BCUT2D eigenvalue weighted by Crippen LogP contribution is -2.41. The van der Waals surface area contributed by atoms with Gasteiger partial charge in [0.2, 0.25) is 5.88 Å². The van der Waals surface area contributed by atoms with Crippen LogP contribution < -0.4 is 10.1 Å². The number of rotatable bonds is 9. The van der Waals surface area contributed by atoms with Gasteiger partial charge >= 0.3 is 0 Å². The number of amides is 2. The number of likely N-dealkylation sites (N-methyl/N-ethyl adjacent to an activating group) is 1. The molecular formula is C24H27N5O3. The number of nitrogens with zero attached hydrogens (tertiary/aromatic N) is 4. The lowest BCUT2D eigenvalue weighted by Gasteiger charge is -2.28. The van der Waals surface area contributed by atoms with Crippen molar-refractivity contribution >= 4 is 11.8 Å². The zero-order valence-electron chi connectivity index (χ0n) is 18.5. The molecule has 1 unspecified atom stereocenters. The van der Waals surface area contributed by atoms with Crippen LogP contribution in [-0.2, 0) is 6.42 Å². The molecule has 32 heavy (non-hydrogen) atoms. The average molecular weight is 434 g/mol. The highest BCUT2D eigenvalue weighted by atomic mass is 16.5. The van der Waals surface area contributed by atoms with Crippen LogP contribution in [0.5, 0.6) is 5.88 Å². The van der Waals surface area contributed by atoms with Crippen LogP contribution in [0.4, 0.5) is 0 Å². The van der Waals surface area contributed by atoms with Crippen LogP contribution in [-0.4, -0.2) is 58.4 Å². The quantitative estimate of drug-likeness (QED) is 0.557. The molecule has 8 heteroatoms. The van der Waals surface area contributed by atoms with Gasteiger partial charge in [-0.1, -0.05) is 36.4 Å². The van der Waals surface area contributed by atoms with Crippen molar-refractivity contribution in [2.24, 2.45) is 0 Å². The molecule has 0 bridgehead atoms. The second-order valence-corrected chi connectivity index (χ2v) is 7.36. The van der Waals surface area contributed by atoms with Gasteiger partial charge < -0.3 is 15.0 Å². The Bertz CT molecular complexity index is 1060. The van der Waals surface area contributed by atoms with Crippen molar-refractivity contribution in [3.8, 4) is 5.88 Å². The first-order valence-electron chi connectivity index (χ1n) is 10.4. The van der Waals surface area contributed by atoms with Crippen LogP contribution in [0.15, 0.2) is 60.8 Å². The van der Waals surface area contributed by atoms with Crippen molar-refractivity contribution in [2.75, 3.05) is 20.7 Å². The van der Waals surface area contributed by atoms with Gasteiger partial charge in [0.05, 0.1) is 7.11 Å². The van der Waals surface area contributed by atoms with E-state index in [1.54, 1.807) is 49.3 Å². The summed E-state index contributed by atoms with van der Waals surface area (Å²) in [5.41, 5.74) is 1.74. The highest BCUT2D eigenvalue weighted by Crippen LogP contribution is 2.14. The van der Waals surface area contributed by atoms with Crippen LogP contribution in [0.2, 0.25) is 0 Å². The van der Waals surface area contributed by atoms with Gasteiger partial charge in [0.15, 0.2) is 0 Å². The molecule has 1 atom stereocenters. The summed E-state index contributed by atoms with van der Waals surface area (Å²) in [5.74, 6) is 0.451. The number of methoxy groups -OCH3 is 1. The van der Waals surface area contributed by atoms with Crippen molar-refractivity contribution in [1.29, 1.82) is 0 Å². The summed E-state index contributed by atoms with van der Waals surface area (Å²) >= 11 is 0. The number of hydrogen-bond donors (Lipinski definition) is 1. The second kappa shape index (κ2) is 11.0. The van der Waals surface area contributed by atoms with Gasteiger partial charge in [0, 0.05) is 31.9 Å². The van der Waals surface area contributed by atoms with Crippen molar-refractivity contribution < 1.29 is 14.3 Å². The van der Waals surface area contributed by atoms with Gasteiger partial charge in [-0.3, -0.25) is 9.59 Å². The number of aryl methyl sites for hydroxylation is 1. The minimum Gasteiger partial charge on any atom is -0.481 e. The van der Waals surface area contributed by atoms with E-state index in [0.29, 0.717) is 36.8 Å². The first-order chi connectivity index (χ1) is 15.5. The standard InChI is InChI=1S/C24H27N5O3/c1-17-25-15-13-21(27-17)24(31)29(2)19(16-18-8-5-4-6-9-18)12-14-26-23(30)20-10-7-11-22(28-20)32-3/h4-11,13,15,19H,12,14,16H2,1-3H3,(H,26,30). The summed E-state index contributed by atoms with van der Waals surface area (Å²) in [6, 6.07) is 16.5. The lowest BCUT2D eigenvalue weighted by molar-refractivity contribution is 0.0716. The normalized spacial score (nSPS) is 11.5. The van der Waals surface area contributed by atoms with Crippen LogP contribution in [0.25, 0.3) is 0 Å². The maximum atomic E-state index is 13.0. The Balaban J connectivity index is 1.69. The first kappa shape index (κ1) is 22.9. The SMILES string of the molecule is COc1cccc(C(=O)NCCC(Cc2ccccc2)N(C)C(=O)c2ccnc(C)n2)n1. The van der Waals surface area contributed by atoms with Gasteiger partial charge in [-0.15, -0.1) is 0 Å². The predicted octanol–water partition coefficient (Wildman–Crippen LogP) is 2.69. The van der Waals surface area contributed by atoms with Gasteiger partial charge in [-0.05, 0) is 37.5 Å². The van der Waals surface area contributed by atoms with E-state index in [9.17, 15) is 9.59 Å². The summed E-state index contributed by atoms with van der Waals surface area (Å²) < 4.78 is 5.08. The van der Waals surface area contributed by atoms with Crippen molar-refractivity contribution in [3.05, 3.63) is 83.6 Å². The third-order valence-corrected chi connectivity index (χ3v) is 5.11. The second-order valence-electron chi connectivity index (χ2n) is 7.36. The number of pyridine rings is 1. The van der Waals surface area contributed by atoms with Crippen molar-refractivity contribution in [1.82, 2.24) is 25.2 Å². The summed E-state index contributed by atoms with van der Waals surface area (Å²) in [4.78, 5) is 39.7. The molecule has 0 saturated carbocycles. The van der Waals surface area contributed by atoms with E-state index in [4.69, 9.17) is 4.74 Å². The van der Waals surface area contributed by atoms with Crippen LogP contribution in [0.1, 0.15) is 38.8 Å². The Morgan fingerprint density at radius 1 is 1.03 bits per heavy atom. The molecule has 0 aliphatic carbocycles. The number of benzene rings is 1. The topological polar surface area (TPSA) is 97.3 Å². The highest BCUT2D eigenvalue weighted by molar-refractivity contribution is 5.93. The van der Waals surface area contributed by atoms with Gasteiger partial charge in [-0.2, -0.15) is 0 Å². The smallest absolute Gasteiger partial charge is 0.272 e. The fraction of sp³-hybridized carbons (Fsp3) is 0.292. The molecule has 1 N–H and O–H groups in total. The molecule has 0 aliphatic rings. The minimum absolute atomic E-state index is 0.140. The number of carbonyl (C=O) groups excluding carboxylic acids is 2.